The molecule has 0 bridgehead atoms. The number of likely N-dealkylation sites (N-methyl/N-ethyl adjacent to an activating group) is 1. The maximum Gasteiger partial charge on any atom is 0.338 e. The lowest BCUT2D eigenvalue weighted by atomic mass is 10.2. The number of esters is 1. The number of nitrogens with two attached hydrogens (primary N) is 1. The van der Waals surface area contributed by atoms with Crippen molar-refractivity contribution in [2.75, 3.05) is 26.0 Å². The van der Waals surface area contributed by atoms with Gasteiger partial charge in [0, 0.05) is 18.3 Å². The van der Waals surface area contributed by atoms with E-state index in [1.807, 2.05) is 0 Å². The molecule has 1 aromatic rings. The van der Waals surface area contributed by atoms with Gasteiger partial charge in [-0.1, -0.05) is 0 Å². The Balaban J connectivity index is 2.66. The van der Waals surface area contributed by atoms with Crippen molar-refractivity contribution in [1.29, 1.82) is 0 Å². The highest BCUT2D eigenvalue weighted by Gasteiger charge is 2.11. The second-order valence-corrected chi connectivity index (χ2v) is 3.52. The average molecular weight is 252 g/mol. The first-order chi connectivity index (χ1) is 8.56. The Morgan fingerprint density at radius 3 is 2.67 bits per heavy atom. The number of rotatable bonds is 5. The summed E-state index contributed by atoms with van der Waals surface area (Å²) in [5.41, 5.74) is 6.24. The van der Waals surface area contributed by atoms with E-state index in [9.17, 15) is 9.59 Å². The summed E-state index contributed by atoms with van der Waals surface area (Å²) in [6.07, 6.45) is 0. The predicted octanol–water partition coefficient (Wildman–Crippen LogP) is 0.570. The molecule has 6 nitrogen and oxygen atoms in total. The number of ether oxygens (including phenoxy) is 2. The van der Waals surface area contributed by atoms with Gasteiger partial charge in [-0.25, -0.2) is 4.79 Å². The Morgan fingerprint density at radius 2 is 2.06 bits per heavy atom. The van der Waals surface area contributed by atoms with Crippen molar-refractivity contribution in [2.45, 2.75) is 6.92 Å². The molecule has 1 amide bonds. The molecule has 0 aliphatic rings. The number of anilines is 1. The monoisotopic (exact) mass is 252 g/mol. The van der Waals surface area contributed by atoms with Crippen LogP contribution in [0.5, 0.6) is 5.75 Å². The van der Waals surface area contributed by atoms with E-state index in [-0.39, 0.29) is 18.1 Å². The SMILES string of the molecule is CCNC(=O)COC(=O)c1cc(N)cc(OC)c1. The second kappa shape index (κ2) is 6.48. The lowest BCUT2D eigenvalue weighted by Crippen LogP contribution is -2.28. The van der Waals surface area contributed by atoms with Crippen LogP contribution in [-0.2, 0) is 9.53 Å². The Kier molecular flexibility index (Phi) is 4.98. The lowest BCUT2D eigenvalue weighted by molar-refractivity contribution is -0.124. The second-order valence-electron chi connectivity index (χ2n) is 3.52. The number of methoxy groups -OCH3 is 1. The lowest BCUT2D eigenvalue weighted by Gasteiger charge is -2.07. The minimum absolute atomic E-state index is 0.246. The van der Waals surface area contributed by atoms with E-state index >= 15 is 0 Å². The van der Waals surface area contributed by atoms with E-state index < -0.39 is 5.97 Å². The number of carbonyl (C=O) groups is 2. The van der Waals surface area contributed by atoms with Crippen molar-refractivity contribution < 1.29 is 19.1 Å². The summed E-state index contributed by atoms with van der Waals surface area (Å²) in [7, 11) is 1.47. The van der Waals surface area contributed by atoms with Crippen molar-refractivity contribution in [2.24, 2.45) is 0 Å². The Labute approximate surface area is 105 Å². The van der Waals surface area contributed by atoms with Gasteiger partial charge >= 0.3 is 5.97 Å². The van der Waals surface area contributed by atoms with Gasteiger partial charge in [0.25, 0.3) is 5.91 Å². The van der Waals surface area contributed by atoms with Gasteiger partial charge in [-0.05, 0) is 19.1 Å². The third-order valence-electron chi connectivity index (χ3n) is 2.11. The van der Waals surface area contributed by atoms with E-state index in [1.54, 1.807) is 13.0 Å². The molecule has 0 unspecified atom stereocenters. The first kappa shape index (κ1) is 13.8. The minimum atomic E-state index is -0.619. The molecule has 0 spiro atoms. The Hall–Kier alpha value is -2.24. The quantitative estimate of drug-likeness (QED) is 0.590. The van der Waals surface area contributed by atoms with Crippen LogP contribution in [-0.4, -0.2) is 32.1 Å². The zero-order chi connectivity index (χ0) is 13.5. The topological polar surface area (TPSA) is 90.7 Å². The summed E-state index contributed by atoms with van der Waals surface area (Å²) in [5.74, 6) is -0.506. The number of hydrogen-bond donors (Lipinski definition) is 2. The molecule has 18 heavy (non-hydrogen) atoms. The molecule has 0 aliphatic carbocycles. The fraction of sp³-hybridized carbons (Fsp3) is 0.333. The highest BCUT2D eigenvalue weighted by Crippen LogP contribution is 2.18. The average Bonchev–Trinajstić information content (AvgIpc) is 2.35. The fourth-order valence-corrected chi connectivity index (χ4v) is 1.32. The minimum Gasteiger partial charge on any atom is -0.497 e. The van der Waals surface area contributed by atoms with Gasteiger partial charge in [0.05, 0.1) is 12.7 Å². The normalized spacial score (nSPS) is 9.67. The van der Waals surface area contributed by atoms with Crippen LogP contribution >= 0.6 is 0 Å². The molecule has 0 atom stereocenters. The Morgan fingerprint density at radius 1 is 1.33 bits per heavy atom. The molecular formula is C12H16N2O4. The molecule has 0 fully saturated rings. The van der Waals surface area contributed by atoms with Crippen molar-refractivity contribution in [3.05, 3.63) is 23.8 Å². The van der Waals surface area contributed by atoms with Gasteiger partial charge in [-0.3, -0.25) is 4.79 Å². The van der Waals surface area contributed by atoms with Crippen molar-refractivity contribution in [3.8, 4) is 5.75 Å². The number of nitrogens with one attached hydrogen (secondary N) is 1. The van der Waals surface area contributed by atoms with Crippen LogP contribution in [0.25, 0.3) is 0 Å². The fourth-order valence-electron chi connectivity index (χ4n) is 1.32. The molecule has 0 saturated heterocycles. The highest BCUT2D eigenvalue weighted by atomic mass is 16.5. The molecule has 0 saturated carbocycles. The first-order valence-electron chi connectivity index (χ1n) is 5.45. The van der Waals surface area contributed by atoms with Gasteiger partial charge < -0.3 is 20.5 Å². The van der Waals surface area contributed by atoms with Gasteiger partial charge in [-0.2, -0.15) is 0 Å². The standard InChI is InChI=1S/C12H16N2O4/c1-3-14-11(15)7-18-12(16)8-4-9(13)6-10(5-8)17-2/h4-6H,3,7,13H2,1-2H3,(H,14,15). The predicted molar refractivity (Wildman–Crippen MR) is 66.4 cm³/mol. The van der Waals surface area contributed by atoms with E-state index in [2.05, 4.69) is 5.32 Å². The van der Waals surface area contributed by atoms with Crippen LogP contribution in [0.2, 0.25) is 0 Å². The zero-order valence-electron chi connectivity index (χ0n) is 10.4. The summed E-state index contributed by atoms with van der Waals surface area (Å²) in [5, 5.41) is 2.52. The van der Waals surface area contributed by atoms with Gasteiger partial charge in [-0.15, -0.1) is 0 Å². The molecule has 0 aliphatic heterocycles. The molecule has 1 aromatic carbocycles. The van der Waals surface area contributed by atoms with Crippen LogP contribution in [0.15, 0.2) is 18.2 Å². The van der Waals surface area contributed by atoms with Gasteiger partial charge in [0.1, 0.15) is 5.75 Å². The molecule has 98 valence electrons. The Bertz CT molecular complexity index is 446. The van der Waals surface area contributed by atoms with Crippen molar-refractivity contribution in [3.63, 3.8) is 0 Å². The number of amides is 1. The molecule has 0 heterocycles. The highest BCUT2D eigenvalue weighted by molar-refractivity contribution is 5.92. The zero-order valence-corrected chi connectivity index (χ0v) is 10.4. The number of nitrogen functional groups attached to an aromatic ring is 1. The van der Waals surface area contributed by atoms with Crippen LogP contribution in [0.3, 0.4) is 0 Å². The van der Waals surface area contributed by atoms with Gasteiger partial charge in [0.15, 0.2) is 6.61 Å². The summed E-state index contributed by atoms with van der Waals surface area (Å²) in [6.45, 7) is 1.95. The summed E-state index contributed by atoms with van der Waals surface area (Å²) in [6, 6.07) is 4.54. The molecule has 0 aromatic heterocycles. The maximum atomic E-state index is 11.7. The van der Waals surface area contributed by atoms with Crippen LogP contribution < -0.4 is 15.8 Å². The van der Waals surface area contributed by atoms with Crippen LogP contribution in [0.4, 0.5) is 5.69 Å². The van der Waals surface area contributed by atoms with Crippen LogP contribution in [0.1, 0.15) is 17.3 Å². The van der Waals surface area contributed by atoms with E-state index in [0.717, 1.165) is 0 Å². The summed E-state index contributed by atoms with van der Waals surface area (Å²) < 4.78 is 9.82. The molecule has 1 rings (SSSR count). The van der Waals surface area contributed by atoms with E-state index in [4.69, 9.17) is 15.2 Å². The summed E-state index contributed by atoms with van der Waals surface area (Å²) in [4.78, 5) is 22.8. The molecule has 3 N–H and O–H groups in total. The molecule has 6 heteroatoms. The molecule has 0 radical (unpaired) electrons. The van der Waals surface area contributed by atoms with Crippen LogP contribution in [0, 0.1) is 0 Å². The van der Waals surface area contributed by atoms with Crippen molar-refractivity contribution in [1.82, 2.24) is 5.32 Å². The first-order valence-corrected chi connectivity index (χ1v) is 5.45. The third kappa shape index (κ3) is 3.97. The van der Waals surface area contributed by atoms with E-state index in [0.29, 0.717) is 18.0 Å². The van der Waals surface area contributed by atoms with Crippen molar-refractivity contribution >= 4 is 17.6 Å². The number of hydrogen-bond acceptors (Lipinski definition) is 5. The number of carbonyl (C=O) groups excluding carboxylic acids is 2. The maximum absolute atomic E-state index is 11.7. The largest absolute Gasteiger partial charge is 0.497 e. The smallest absolute Gasteiger partial charge is 0.338 e. The molecular weight excluding hydrogens is 236 g/mol. The van der Waals surface area contributed by atoms with E-state index in [1.165, 1.54) is 19.2 Å². The van der Waals surface area contributed by atoms with Gasteiger partial charge in [0.2, 0.25) is 0 Å². The number of benzene rings is 1. The third-order valence-corrected chi connectivity index (χ3v) is 2.11. The summed E-state index contributed by atoms with van der Waals surface area (Å²) >= 11 is 0.